The Balaban J connectivity index is 1.59. The van der Waals surface area contributed by atoms with Gasteiger partial charge in [-0.2, -0.15) is 0 Å². The quantitative estimate of drug-likeness (QED) is 0.0519. The van der Waals surface area contributed by atoms with Crippen molar-refractivity contribution >= 4 is 0 Å². The van der Waals surface area contributed by atoms with Gasteiger partial charge in [0.2, 0.25) is 0 Å². The summed E-state index contributed by atoms with van der Waals surface area (Å²) in [5.74, 6) is 1.59. The maximum Gasteiger partial charge on any atom is 0.256 e. The summed E-state index contributed by atoms with van der Waals surface area (Å²) in [4.78, 5) is 0. The summed E-state index contributed by atoms with van der Waals surface area (Å²) < 4.78 is 5.21. The minimum Gasteiger partial charge on any atom is -0.234 e. The van der Waals surface area contributed by atoms with Crippen LogP contribution in [0.4, 0.5) is 0 Å². The van der Waals surface area contributed by atoms with E-state index < -0.39 is 0 Å². The van der Waals surface area contributed by atoms with Crippen LogP contribution < -0.4 is 4.57 Å². The summed E-state index contributed by atoms with van der Waals surface area (Å²) in [5, 5.41) is 0. The zero-order valence-electron chi connectivity index (χ0n) is 32.0. The molecule has 0 aliphatic rings. The molecule has 0 atom stereocenters. The number of imidazole rings is 1. The van der Waals surface area contributed by atoms with E-state index in [4.69, 9.17) is 0 Å². The van der Waals surface area contributed by atoms with Crippen LogP contribution in [0.5, 0.6) is 0 Å². The predicted molar refractivity (Wildman–Crippen MR) is 208 cm³/mol. The molecule has 0 aliphatic carbocycles. The van der Waals surface area contributed by atoms with Gasteiger partial charge < -0.3 is 0 Å². The van der Waals surface area contributed by atoms with Crippen molar-refractivity contribution in [3.63, 3.8) is 0 Å². The molecule has 0 bridgehead atoms. The molecule has 2 nitrogen and oxygen atoms in total. The topological polar surface area (TPSA) is 8.81 Å². The first-order valence-electron chi connectivity index (χ1n) is 21.5. The molecule has 270 valence electrons. The van der Waals surface area contributed by atoms with E-state index >= 15 is 0 Å². The molecule has 0 fully saturated rings. The van der Waals surface area contributed by atoms with E-state index in [0.29, 0.717) is 0 Å². The van der Waals surface area contributed by atoms with Crippen molar-refractivity contribution in [1.29, 1.82) is 0 Å². The van der Waals surface area contributed by atoms with E-state index in [0.717, 1.165) is 6.54 Å². The van der Waals surface area contributed by atoms with Crippen molar-refractivity contribution in [2.45, 2.75) is 232 Å². The number of unbranched alkanes of at least 4 members (excludes halogenated alkanes) is 27. The Bertz CT molecular complexity index is 900. The molecule has 2 rings (SSSR count). The Morgan fingerprint density at radius 2 is 0.830 bits per heavy atom. The Hall–Kier alpha value is -1.57. The third kappa shape index (κ3) is 23.4. The van der Waals surface area contributed by atoms with Crippen LogP contribution in [0.1, 0.15) is 218 Å². The lowest BCUT2D eigenvalue weighted by atomic mass is 10.0. The molecule has 1 aromatic heterocycles. The van der Waals surface area contributed by atoms with Crippen LogP contribution >= 0.6 is 0 Å². The predicted octanol–water partition coefficient (Wildman–Crippen LogP) is 14.3. The molecule has 2 aromatic rings. The van der Waals surface area contributed by atoms with E-state index in [1.54, 1.807) is 5.82 Å². The molecule has 1 heterocycles. The first-order chi connectivity index (χ1) is 23.3. The van der Waals surface area contributed by atoms with Crippen LogP contribution in [-0.4, -0.2) is 4.57 Å². The summed E-state index contributed by atoms with van der Waals surface area (Å²) >= 11 is 0. The molecule has 47 heavy (non-hydrogen) atoms. The van der Waals surface area contributed by atoms with Crippen LogP contribution in [0.15, 0.2) is 42.7 Å². The molecule has 0 unspecified atom stereocenters. The van der Waals surface area contributed by atoms with Gasteiger partial charge in [0.05, 0.1) is 13.1 Å². The first-order valence-corrected chi connectivity index (χ1v) is 21.5. The van der Waals surface area contributed by atoms with Crippen molar-refractivity contribution in [3.8, 4) is 0 Å². The zero-order chi connectivity index (χ0) is 33.3. The average molecular weight is 650 g/mol. The van der Waals surface area contributed by atoms with Crippen molar-refractivity contribution in [3.05, 3.63) is 54.1 Å². The highest BCUT2D eigenvalue weighted by molar-refractivity contribution is 5.14. The number of hydrogen-bond acceptors (Lipinski definition) is 0. The number of nitrogens with zero attached hydrogens (tertiary/aromatic N) is 2. The van der Waals surface area contributed by atoms with Crippen molar-refractivity contribution in [1.82, 2.24) is 4.57 Å². The lowest BCUT2D eigenvalue weighted by molar-refractivity contribution is -0.704. The smallest absolute Gasteiger partial charge is 0.234 e. The van der Waals surface area contributed by atoms with Crippen LogP contribution in [0.2, 0.25) is 0 Å². The number of benzene rings is 1. The SMILES string of the molecule is CCCCCCCCCCCCCCCCCn1cc[n+](CCCc2ccccc2)c1CCCCCCCCCCCCCCCC. The molecule has 2 heteroatoms. The second-order valence-electron chi connectivity index (χ2n) is 15.0. The Kier molecular flexibility index (Phi) is 28.0. The molecule has 1 aromatic carbocycles. The maximum absolute atomic E-state index is 2.62. The van der Waals surface area contributed by atoms with Crippen molar-refractivity contribution < 1.29 is 4.57 Å². The highest BCUT2D eigenvalue weighted by atomic mass is 15.1. The van der Waals surface area contributed by atoms with Gasteiger partial charge in [0.25, 0.3) is 5.82 Å². The molecule has 0 saturated carbocycles. The fourth-order valence-electron chi connectivity index (χ4n) is 7.42. The van der Waals surface area contributed by atoms with E-state index in [1.165, 1.54) is 218 Å². The van der Waals surface area contributed by atoms with E-state index in [9.17, 15) is 0 Å². The average Bonchev–Trinajstić information content (AvgIpc) is 3.48. The summed E-state index contributed by atoms with van der Waals surface area (Å²) in [6, 6.07) is 11.0. The number of rotatable bonds is 35. The van der Waals surface area contributed by atoms with Gasteiger partial charge >= 0.3 is 0 Å². The van der Waals surface area contributed by atoms with Crippen LogP contribution in [0, 0.1) is 0 Å². The van der Waals surface area contributed by atoms with Crippen LogP contribution in [0.25, 0.3) is 0 Å². The molecule has 0 N–H and O–H groups in total. The van der Waals surface area contributed by atoms with Gasteiger partial charge in [0, 0.05) is 6.42 Å². The van der Waals surface area contributed by atoms with Gasteiger partial charge in [-0.1, -0.05) is 211 Å². The summed E-state index contributed by atoms with van der Waals surface area (Å²) in [5.41, 5.74) is 1.47. The second-order valence-corrected chi connectivity index (χ2v) is 15.0. The first kappa shape index (κ1) is 41.6. The van der Waals surface area contributed by atoms with Gasteiger partial charge in [0.15, 0.2) is 0 Å². The molecule has 0 saturated heterocycles. The Morgan fingerprint density at radius 3 is 1.28 bits per heavy atom. The lowest BCUT2D eigenvalue weighted by Gasteiger charge is -2.07. The molecule has 0 radical (unpaired) electrons. The second kappa shape index (κ2) is 31.7. The number of hydrogen-bond donors (Lipinski definition) is 0. The highest BCUT2D eigenvalue weighted by Gasteiger charge is 2.16. The van der Waals surface area contributed by atoms with Crippen LogP contribution in [0.3, 0.4) is 0 Å². The zero-order valence-corrected chi connectivity index (χ0v) is 32.0. The molecule has 0 amide bonds. The third-order valence-corrected chi connectivity index (χ3v) is 10.6. The summed E-state index contributed by atoms with van der Waals surface area (Å²) in [7, 11) is 0. The fraction of sp³-hybridized carbons (Fsp3) is 0.800. The Morgan fingerprint density at radius 1 is 0.426 bits per heavy atom. The summed E-state index contributed by atoms with van der Waals surface area (Å²) in [6.45, 7) is 6.97. The van der Waals surface area contributed by atoms with E-state index in [2.05, 4.69) is 65.7 Å². The molecular weight excluding hydrogens is 569 g/mol. The standard InChI is InChI=1S/C45H81N2/c1-3-5-7-9-11-13-15-17-19-21-23-25-27-29-34-40-46-42-43-47(41-35-38-44-36-31-30-32-37-44)45(46)39-33-28-26-24-22-20-18-16-14-12-10-8-6-4-2/h30-32,36-37,42-43H,3-29,33-35,38-41H2,1-2H3/q+1. The number of aryl methyl sites for hydroxylation is 3. The fourth-order valence-corrected chi connectivity index (χ4v) is 7.42. The minimum atomic E-state index is 1.15. The monoisotopic (exact) mass is 650 g/mol. The lowest BCUT2D eigenvalue weighted by Crippen LogP contribution is -2.37. The van der Waals surface area contributed by atoms with Crippen molar-refractivity contribution in [2.75, 3.05) is 0 Å². The molecule has 0 aliphatic heterocycles. The van der Waals surface area contributed by atoms with E-state index in [1.807, 2.05) is 0 Å². The van der Waals surface area contributed by atoms with Gasteiger partial charge in [-0.15, -0.1) is 0 Å². The van der Waals surface area contributed by atoms with Gasteiger partial charge in [-0.25, -0.2) is 9.13 Å². The van der Waals surface area contributed by atoms with E-state index in [-0.39, 0.29) is 0 Å². The minimum absolute atomic E-state index is 1.15. The normalized spacial score (nSPS) is 11.5. The third-order valence-electron chi connectivity index (χ3n) is 10.6. The maximum atomic E-state index is 2.62. The van der Waals surface area contributed by atoms with Gasteiger partial charge in [0.1, 0.15) is 12.4 Å². The number of aromatic nitrogens is 2. The molecular formula is C45H81N2+. The molecule has 0 spiro atoms. The van der Waals surface area contributed by atoms with Gasteiger partial charge in [-0.3, -0.25) is 0 Å². The van der Waals surface area contributed by atoms with Crippen LogP contribution in [-0.2, 0) is 25.9 Å². The largest absolute Gasteiger partial charge is 0.256 e. The van der Waals surface area contributed by atoms with Crippen molar-refractivity contribution in [2.24, 2.45) is 0 Å². The highest BCUT2D eigenvalue weighted by Crippen LogP contribution is 2.16. The summed E-state index contributed by atoms with van der Waals surface area (Å²) in [6.07, 6.45) is 50.0. The Labute approximate surface area is 294 Å². The van der Waals surface area contributed by atoms with Gasteiger partial charge in [-0.05, 0) is 37.7 Å².